The highest BCUT2D eigenvalue weighted by molar-refractivity contribution is 6.31. The number of allylic oxidation sites excluding steroid dienone is 3. The maximum absolute atomic E-state index is 13.9. The number of ether oxygens (including phenoxy) is 1. The molecule has 8 heteroatoms. The van der Waals surface area contributed by atoms with Crippen molar-refractivity contribution < 1.29 is 19.0 Å². The summed E-state index contributed by atoms with van der Waals surface area (Å²) in [7, 11) is 1.42. The van der Waals surface area contributed by atoms with Gasteiger partial charge in [-0.15, -0.1) is 0 Å². The molecule has 1 atom stereocenters. The lowest BCUT2D eigenvalue weighted by molar-refractivity contribution is -0.118. The maximum atomic E-state index is 13.9. The number of hydrogen-bond donors (Lipinski definition) is 2. The smallest absolute Gasteiger partial charge is 0.162 e. The average molecular weight is 468 g/mol. The fourth-order valence-corrected chi connectivity index (χ4v) is 4.81. The first kappa shape index (κ1) is 22.7. The Morgan fingerprint density at radius 1 is 1.27 bits per heavy atom. The van der Waals surface area contributed by atoms with Crippen LogP contribution in [0.4, 0.5) is 10.1 Å². The molecule has 1 aliphatic carbocycles. The van der Waals surface area contributed by atoms with Crippen molar-refractivity contribution in [1.29, 1.82) is 5.26 Å². The molecule has 1 unspecified atom stereocenters. The van der Waals surface area contributed by atoms with Crippen molar-refractivity contribution in [2.45, 2.75) is 32.6 Å². The van der Waals surface area contributed by atoms with Crippen molar-refractivity contribution in [2.75, 3.05) is 12.0 Å². The van der Waals surface area contributed by atoms with E-state index >= 15 is 0 Å². The first-order valence-electron chi connectivity index (χ1n) is 10.4. The summed E-state index contributed by atoms with van der Waals surface area (Å²) in [5.41, 5.74) is 8.53. The number of benzene rings is 2. The van der Waals surface area contributed by atoms with Gasteiger partial charge >= 0.3 is 0 Å². The molecule has 1 aliphatic heterocycles. The molecule has 2 aliphatic rings. The van der Waals surface area contributed by atoms with Crippen LogP contribution < -0.4 is 15.4 Å². The third-order valence-corrected chi connectivity index (χ3v) is 6.37. The lowest BCUT2D eigenvalue weighted by Crippen LogP contribution is -2.42. The number of aromatic hydroxyl groups is 1. The van der Waals surface area contributed by atoms with Crippen LogP contribution in [0, 0.1) is 22.6 Å². The largest absolute Gasteiger partial charge is 0.504 e. The summed E-state index contributed by atoms with van der Waals surface area (Å²) >= 11 is 6.04. The molecule has 0 saturated carbocycles. The third-order valence-electron chi connectivity index (χ3n) is 6.08. The van der Waals surface area contributed by atoms with Gasteiger partial charge in [0, 0.05) is 23.4 Å². The number of hydrogen-bond acceptors (Lipinski definition) is 6. The first-order chi connectivity index (χ1) is 15.6. The molecule has 0 fully saturated rings. The summed E-state index contributed by atoms with van der Waals surface area (Å²) in [6.07, 6.45) is 0.808. The Morgan fingerprint density at radius 2 is 2.00 bits per heavy atom. The predicted molar refractivity (Wildman–Crippen MR) is 123 cm³/mol. The van der Waals surface area contributed by atoms with Gasteiger partial charge in [-0.05, 0) is 47.7 Å². The lowest BCUT2D eigenvalue weighted by atomic mass is 9.68. The Morgan fingerprint density at radius 3 is 2.64 bits per heavy atom. The number of carbonyl (C=O) groups excluding carboxylic acids is 1. The second kappa shape index (κ2) is 8.13. The van der Waals surface area contributed by atoms with Gasteiger partial charge in [-0.25, -0.2) is 4.39 Å². The number of anilines is 1. The summed E-state index contributed by atoms with van der Waals surface area (Å²) < 4.78 is 19.1. The highest BCUT2D eigenvalue weighted by atomic mass is 35.5. The monoisotopic (exact) mass is 467 g/mol. The summed E-state index contributed by atoms with van der Waals surface area (Å²) in [6.45, 7) is 3.98. The molecule has 0 spiro atoms. The number of nitriles is 1. The van der Waals surface area contributed by atoms with Crippen molar-refractivity contribution in [3.63, 3.8) is 0 Å². The van der Waals surface area contributed by atoms with E-state index in [2.05, 4.69) is 6.07 Å². The fraction of sp³-hybridized carbons (Fsp3) is 0.280. The van der Waals surface area contributed by atoms with Gasteiger partial charge in [-0.1, -0.05) is 31.5 Å². The number of rotatable bonds is 3. The molecular formula is C25H23ClFN3O3. The minimum Gasteiger partial charge on any atom is -0.504 e. The van der Waals surface area contributed by atoms with Crippen LogP contribution in [0.5, 0.6) is 11.5 Å². The number of carbonyl (C=O) groups is 1. The van der Waals surface area contributed by atoms with Crippen LogP contribution in [-0.2, 0) is 4.79 Å². The molecule has 1 heterocycles. The fourth-order valence-electron chi connectivity index (χ4n) is 4.63. The molecule has 4 rings (SSSR count). The number of halogens is 2. The van der Waals surface area contributed by atoms with Gasteiger partial charge < -0.3 is 15.6 Å². The van der Waals surface area contributed by atoms with Crippen LogP contribution in [0.3, 0.4) is 0 Å². The molecule has 170 valence electrons. The Hall–Kier alpha value is -3.50. The topological polar surface area (TPSA) is 99.6 Å². The molecule has 0 aromatic heterocycles. The predicted octanol–water partition coefficient (Wildman–Crippen LogP) is 5.13. The number of nitrogens with zero attached hydrogens (tertiary/aromatic N) is 2. The van der Waals surface area contributed by atoms with Crippen molar-refractivity contribution in [2.24, 2.45) is 11.1 Å². The molecule has 0 bridgehead atoms. The van der Waals surface area contributed by atoms with E-state index < -0.39 is 11.7 Å². The molecule has 0 radical (unpaired) electrons. The molecule has 2 aromatic rings. The number of phenolic OH excluding ortho intramolecular Hbond substituents is 1. The van der Waals surface area contributed by atoms with E-state index in [9.17, 15) is 19.6 Å². The molecule has 3 N–H and O–H groups in total. The zero-order valence-electron chi connectivity index (χ0n) is 18.4. The Kier molecular flexibility index (Phi) is 5.59. The van der Waals surface area contributed by atoms with E-state index in [0.29, 0.717) is 35.4 Å². The number of ketones is 1. The van der Waals surface area contributed by atoms with Gasteiger partial charge in [0.2, 0.25) is 0 Å². The SMILES string of the molecule is COc1cc(C2C(C#N)=C(N)N(c3ccc(F)c(Cl)c3)C3=C2C(=O)CC(C)(C)C3)ccc1O. The second-order valence-corrected chi connectivity index (χ2v) is 9.42. The highest BCUT2D eigenvalue weighted by Gasteiger charge is 2.44. The quantitative estimate of drug-likeness (QED) is 0.648. The van der Waals surface area contributed by atoms with E-state index in [1.54, 1.807) is 17.0 Å². The normalized spacial score (nSPS) is 19.9. The van der Waals surface area contributed by atoms with Crippen LogP contribution in [0.15, 0.2) is 59.1 Å². The van der Waals surface area contributed by atoms with Crippen molar-refractivity contribution in [3.05, 3.63) is 75.5 Å². The Labute approximate surface area is 196 Å². The minimum atomic E-state index is -0.727. The van der Waals surface area contributed by atoms with Crippen LogP contribution >= 0.6 is 11.6 Å². The number of phenols is 1. The Bertz CT molecular complexity index is 1280. The Balaban J connectivity index is 2.01. The highest BCUT2D eigenvalue weighted by Crippen LogP contribution is 2.51. The summed E-state index contributed by atoms with van der Waals surface area (Å²) in [4.78, 5) is 15.1. The number of nitrogens with two attached hydrogens (primary N) is 1. The van der Waals surface area contributed by atoms with Gasteiger partial charge in [0.05, 0.1) is 29.7 Å². The zero-order valence-corrected chi connectivity index (χ0v) is 19.2. The second-order valence-electron chi connectivity index (χ2n) is 9.01. The van der Waals surface area contributed by atoms with Gasteiger partial charge in [0.25, 0.3) is 0 Å². The zero-order chi connectivity index (χ0) is 24.1. The lowest BCUT2D eigenvalue weighted by Gasteiger charge is -2.43. The molecular weight excluding hydrogens is 445 g/mol. The van der Waals surface area contributed by atoms with Crippen LogP contribution in [0.1, 0.15) is 38.2 Å². The van der Waals surface area contributed by atoms with E-state index in [-0.39, 0.29) is 39.1 Å². The maximum Gasteiger partial charge on any atom is 0.162 e. The van der Waals surface area contributed by atoms with Gasteiger partial charge in [0.15, 0.2) is 17.3 Å². The number of methoxy groups -OCH3 is 1. The van der Waals surface area contributed by atoms with E-state index in [4.69, 9.17) is 22.1 Å². The van der Waals surface area contributed by atoms with Crippen LogP contribution in [-0.4, -0.2) is 18.0 Å². The van der Waals surface area contributed by atoms with Gasteiger partial charge in [-0.3, -0.25) is 9.69 Å². The molecule has 0 amide bonds. The van der Waals surface area contributed by atoms with Crippen LogP contribution in [0.25, 0.3) is 0 Å². The number of Topliss-reactive ketones (excluding diaryl/α,β-unsaturated/α-hetero) is 1. The van der Waals surface area contributed by atoms with Crippen molar-refractivity contribution in [3.8, 4) is 17.6 Å². The van der Waals surface area contributed by atoms with Crippen molar-refractivity contribution >= 4 is 23.1 Å². The molecule has 2 aromatic carbocycles. The van der Waals surface area contributed by atoms with Gasteiger partial charge in [-0.2, -0.15) is 5.26 Å². The standard InChI is InChI=1S/C25H23ClFN3O3/c1-25(2)10-18-23(20(32)11-25)22(13-4-7-19(31)21(8-13)33-3)15(12-28)24(29)30(18)14-5-6-17(27)16(26)9-14/h4-9,22,31H,10-11,29H2,1-3H3. The van der Waals surface area contributed by atoms with Gasteiger partial charge in [0.1, 0.15) is 11.6 Å². The summed E-state index contributed by atoms with van der Waals surface area (Å²) in [5, 5.41) is 20.1. The summed E-state index contributed by atoms with van der Waals surface area (Å²) in [5.74, 6) is -1.10. The summed E-state index contributed by atoms with van der Waals surface area (Å²) in [6, 6.07) is 11.1. The van der Waals surface area contributed by atoms with E-state index in [1.165, 1.54) is 31.4 Å². The molecule has 0 saturated heterocycles. The minimum absolute atomic E-state index is 0.0552. The van der Waals surface area contributed by atoms with E-state index in [0.717, 1.165) is 0 Å². The third kappa shape index (κ3) is 3.81. The first-order valence-corrected chi connectivity index (χ1v) is 10.7. The van der Waals surface area contributed by atoms with Crippen LogP contribution in [0.2, 0.25) is 5.02 Å². The molecule has 6 nitrogen and oxygen atoms in total. The van der Waals surface area contributed by atoms with Crippen molar-refractivity contribution in [1.82, 2.24) is 0 Å². The average Bonchev–Trinajstić information content (AvgIpc) is 2.75. The molecule has 33 heavy (non-hydrogen) atoms. The van der Waals surface area contributed by atoms with E-state index in [1.807, 2.05) is 13.8 Å².